The highest BCUT2D eigenvalue weighted by Crippen LogP contribution is 2.38. The number of para-hydroxylation sites is 2. The van der Waals surface area contributed by atoms with Gasteiger partial charge in [0.25, 0.3) is 0 Å². The highest BCUT2D eigenvalue weighted by molar-refractivity contribution is 5.86. The fraction of sp³-hybridized carbons (Fsp3) is 0.467. The molecule has 0 unspecified atom stereocenters. The lowest BCUT2D eigenvalue weighted by atomic mass is 9.97. The van der Waals surface area contributed by atoms with Gasteiger partial charge in [-0.1, -0.05) is 36.4 Å². The lowest BCUT2D eigenvalue weighted by Gasteiger charge is -2.34. The fourth-order valence-corrected chi connectivity index (χ4v) is 6.58. The molecule has 1 N–H and O–H groups in total. The normalized spacial score (nSPS) is 23.7. The monoisotopic (exact) mass is 530 g/mol. The Hall–Kier alpha value is -3.88. The van der Waals surface area contributed by atoms with Crippen LogP contribution in [-0.4, -0.2) is 57.8 Å². The van der Waals surface area contributed by atoms with E-state index in [2.05, 4.69) is 17.4 Å². The quantitative estimate of drug-likeness (QED) is 0.561. The molecule has 3 atom stereocenters. The van der Waals surface area contributed by atoms with Crippen molar-refractivity contribution >= 4 is 28.8 Å². The van der Waals surface area contributed by atoms with Crippen molar-refractivity contribution in [2.24, 2.45) is 11.8 Å². The molecular formula is C30H34N4O5. The number of amides is 3. The third-order valence-corrected chi connectivity index (χ3v) is 8.62. The number of hydrogen-bond acceptors (Lipinski definition) is 5. The zero-order valence-electron chi connectivity index (χ0n) is 22.0. The standard InChI is InChI=1S/C30H34N4O5/c35-27(19-34-24-10-4-5-11-26(24)39-30(34)38)33-14-7-1-6-13-31-28(36)23-16-22(17-25(23)33)29(37)32-15-12-20-8-2-3-9-21(20)18-32/h2-5,8-11,22-23,25H,1,6-7,12-19H2,(H,31,36)/t22-,23-,25+/m0/s1. The summed E-state index contributed by atoms with van der Waals surface area (Å²) >= 11 is 0. The number of nitrogens with zero attached hydrogens (tertiary/aromatic N) is 3. The topological polar surface area (TPSA) is 105 Å². The number of fused-ring (bicyclic) bond motifs is 3. The van der Waals surface area contributed by atoms with E-state index < -0.39 is 17.7 Å². The van der Waals surface area contributed by atoms with Gasteiger partial charge in [-0.3, -0.25) is 19.0 Å². The summed E-state index contributed by atoms with van der Waals surface area (Å²) in [4.78, 5) is 57.1. The van der Waals surface area contributed by atoms with Crippen molar-refractivity contribution in [1.82, 2.24) is 19.7 Å². The van der Waals surface area contributed by atoms with Crippen molar-refractivity contribution in [1.29, 1.82) is 0 Å². The molecule has 2 aliphatic heterocycles. The Kier molecular flexibility index (Phi) is 6.97. The van der Waals surface area contributed by atoms with Gasteiger partial charge in [0.1, 0.15) is 6.54 Å². The SMILES string of the molecule is O=C1NCCCCCN(C(=O)Cn2c(=O)oc3ccccc32)[C@@H]2C[C@@H](C(=O)N3CCc4ccccc4C3)C[C@H]12. The van der Waals surface area contributed by atoms with Gasteiger partial charge in [0.05, 0.1) is 11.4 Å². The largest absolute Gasteiger partial charge is 0.420 e. The van der Waals surface area contributed by atoms with Crippen molar-refractivity contribution in [3.8, 4) is 0 Å². The van der Waals surface area contributed by atoms with Crippen LogP contribution >= 0.6 is 0 Å². The zero-order chi connectivity index (χ0) is 26.9. The predicted octanol–water partition coefficient (Wildman–Crippen LogP) is 2.70. The minimum absolute atomic E-state index is 0.0594. The number of rotatable bonds is 3. The van der Waals surface area contributed by atoms with Gasteiger partial charge in [-0.05, 0) is 61.8 Å². The summed E-state index contributed by atoms with van der Waals surface area (Å²) in [6.07, 6.45) is 4.21. The van der Waals surface area contributed by atoms with Crippen LogP contribution in [0.4, 0.5) is 0 Å². The van der Waals surface area contributed by atoms with Gasteiger partial charge in [-0.25, -0.2) is 4.79 Å². The first-order valence-corrected chi connectivity index (χ1v) is 14.0. The van der Waals surface area contributed by atoms with E-state index in [9.17, 15) is 19.2 Å². The van der Waals surface area contributed by atoms with E-state index in [1.165, 1.54) is 15.7 Å². The van der Waals surface area contributed by atoms with E-state index in [0.717, 1.165) is 25.7 Å². The van der Waals surface area contributed by atoms with Gasteiger partial charge in [0, 0.05) is 38.1 Å². The summed E-state index contributed by atoms with van der Waals surface area (Å²) in [6, 6.07) is 14.9. The van der Waals surface area contributed by atoms with Gasteiger partial charge in [0.2, 0.25) is 17.7 Å². The summed E-state index contributed by atoms with van der Waals surface area (Å²) in [5.74, 6) is -1.63. The maximum Gasteiger partial charge on any atom is 0.420 e. The van der Waals surface area contributed by atoms with Crippen molar-refractivity contribution in [2.45, 2.75) is 57.7 Å². The summed E-state index contributed by atoms with van der Waals surface area (Å²) in [6.45, 7) is 2.17. The number of aromatic nitrogens is 1. The number of hydrogen-bond donors (Lipinski definition) is 1. The molecule has 39 heavy (non-hydrogen) atoms. The van der Waals surface area contributed by atoms with Crippen LogP contribution in [0, 0.1) is 11.8 Å². The molecule has 3 aliphatic rings. The van der Waals surface area contributed by atoms with Gasteiger partial charge in [-0.15, -0.1) is 0 Å². The summed E-state index contributed by atoms with van der Waals surface area (Å²) in [5, 5.41) is 3.04. The molecule has 3 aromatic rings. The van der Waals surface area contributed by atoms with E-state index in [-0.39, 0.29) is 30.2 Å². The molecule has 1 aliphatic carbocycles. The van der Waals surface area contributed by atoms with Crippen molar-refractivity contribution < 1.29 is 18.8 Å². The third kappa shape index (κ3) is 4.97. The fourth-order valence-electron chi connectivity index (χ4n) is 6.58. The second-order valence-corrected chi connectivity index (χ2v) is 11.0. The Morgan fingerprint density at radius 1 is 0.923 bits per heavy atom. The molecule has 204 valence electrons. The minimum atomic E-state index is -0.579. The van der Waals surface area contributed by atoms with Crippen LogP contribution in [0.5, 0.6) is 0 Å². The number of oxazole rings is 1. The van der Waals surface area contributed by atoms with Gasteiger partial charge in [-0.2, -0.15) is 0 Å². The molecule has 6 rings (SSSR count). The average Bonchev–Trinajstić information content (AvgIpc) is 3.53. The second-order valence-electron chi connectivity index (χ2n) is 11.0. The summed E-state index contributed by atoms with van der Waals surface area (Å²) in [7, 11) is 0. The van der Waals surface area contributed by atoms with Crippen molar-refractivity contribution in [2.75, 3.05) is 19.6 Å². The highest BCUT2D eigenvalue weighted by Gasteiger charge is 2.46. The molecule has 0 spiro atoms. The van der Waals surface area contributed by atoms with Crippen LogP contribution in [0.15, 0.2) is 57.7 Å². The van der Waals surface area contributed by atoms with E-state index in [1.54, 1.807) is 29.2 Å². The molecule has 3 amide bonds. The maximum atomic E-state index is 13.8. The highest BCUT2D eigenvalue weighted by atomic mass is 16.4. The molecule has 1 aromatic heterocycles. The number of carbonyl (C=O) groups is 3. The van der Waals surface area contributed by atoms with Crippen LogP contribution < -0.4 is 11.1 Å². The van der Waals surface area contributed by atoms with Gasteiger partial charge >= 0.3 is 5.76 Å². The molecule has 0 radical (unpaired) electrons. The lowest BCUT2D eigenvalue weighted by Crippen LogP contribution is -2.49. The molecule has 1 saturated heterocycles. The molecule has 9 heteroatoms. The van der Waals surface area contributed by atoms with Crippen molar-refractivity contribution in [3.63, 3.8) is 0 Å². The van der Waals surface area contributed by atoms with Crippen LogP contribution in [0.3, 0.4) is 0 Å². The van der Waals surface area contributed by atoms with Crippen LogP contribution in [0.1, 0.15) is 43.2 Å². The molecular weight excluding hydrogens is 496 g/mol. The Morgan fingerprint density at radius 3 is 2.59 bits per heavy atom. The molecule has 0 bridgehead atoms. The Morgan fingerprint density at radius 2 is 1.72 bits per heavy atom. The minimum Gasteiger partial charge on any atom is -0.408 e. The Bertz CT molecular complexity index is 1460. The van der Waals surface area contributed by atoms with E-state index in [4.69, 9.17) is 4.42 Å². The molecule has 2 aromatic carbocycles. The van der Waals surface area contributed by atoms with Crippen LogP contribution in [-0.2, 0) is 33.9 Å². The average molecular weight is 531 g/mol. The predicted molar refractivity (Wildman–Crippen MR) is 145 cm³/mol. The van der Waals surface area contributed by atoms with Crippen LogP contribution in [0.2, 0.25) is 0 Å². The van der Waals surface area contributed by atoms with E-state index >= 15 is 0 Å². The van der Waals surface area contributed by atoms with Crippen molar-refractivity contribution in [3.05, 3.63) is 70.2 Å². The first-order chi connectivity index (χ1) is 19.0. The Balaban J connectivity index is 1.25. The number of nitrogens with one attached hydrogen (secondary N) is 1. The molecule has 9 nitrogen and oxygen atoms in total. The smallest absolute Gasteiger partial charge is 0.408 e. The lowest BCUT2D eigenvalue weighted by molar-refractivity contribution is -0.138. The van der Waals surface area contributed by atoms with Gasteiger partial charge in [0.15, 0.2) is 5.58 Å². The number of benzene rings is 2. The third-order valence-electron chi connectivity index (χ3n) is 8.62. The molecule has 1 saturated carbocycles. The first-order valence-electron chi connectivity index (χ1n) is 14.0. The van der Waals surface area contributed by atoms with Crippen LogP contribution in [0.25, 0.3) is 11.1 Å². The molecule has 3 heterocycles. The second kappa shape index (κ2) is 10.7. The molecule has 2 fully saturated rings. The van der Waals surface area contributed by atoms with E-state index in [0.29, 0.717) is 50.1 Å². The maximum absolute atomic E-state index is 13.8. The van der Waals surface area contributed by atoms with Gasteiger partial charge < -0.3 is 19.5 Å². The first kappa shape index (κ1) is 25.4. The summed E-state index contributed by atoms with van der Waals surface area (Å²) < 4.78 is 6.69. The summed E-state index contributed by atoms with van der Waals surface area (Å²) in [5.41, 5.74) is 3.45. The zero-order valence-corrected chi connectivity index (χ0v) is 22.0. The Labute approximate surface area is 226 Å². The number of carbonyl (C=O) groups excluding carboxylic acids is 3. The van der Waals surface area contributed by atoms with E-state index in [1.807, 2.05) is 17.0 Å².